The predicted molar refractivity (Wildman–Crippen MR) is 101 cm³/mol. The molecule has 2 rings (SSSR count). The number of thioether (sulfide) groups is 1. The van der Waals surface area contributed by atoms with Crippen molar-refractivity contribution in [3.8, 4) is 0 Å². The molecular formula is C17H18N4O4S. The molecule has 0 aromatic heterocycles. The van der Waals surface area contributed by atoms with E-state index in [4.69, 9.17) is 5.11 Å². The summed E-state index contributed by atoms with van der Waals surface area (Å²) in [5.41, 5.74) is 1.03. The number of aliphatic carboxylic acids is 1. The van der Waals surface area contributed by atoms with E-state index >= 15 is 0 Å². The van der Waals surface area contributed by atoms with Crippen molar-refractivity contribution in [2.75, 3.05) is 6.54 Å². The van der Waals surface area contributed by atoms with Crippen LogP contribution in [-0.2, 0) is 14.4 Å². The zero-order valence-electron chi connectivity index (χ0n) is 13.8. The molecule has 1 aliphatic rings. The van der Waals surface area contributed by atoms with Gasteiger partial charge in [0.1, 0.15) is 5.25 Å². The molecule has 0 bridgehead atoms. The Morgan fingerprint density at radius 3 is 2.81 bits per heavy atom. The molecule has 0 radical (unpaired) electrons. The third-order valence-electron chi connectivity index (χ3n) is 3.20. The number of nitrogens with one attached hydrogen (secondary N) is 2. The smallest absolute Gasteiger partial charge is 0.305 e. The van der Waals surface area contributed by atoms with E-state index in [-0.39, 0.29) is 31.2 Å². The van der Waals surface area contributed by atoms with Gasteiger partial charge in [-0.1, -0.05) is 48.2 Å². The molecule has 1 unspecified atom stereocenters. The monoisotopic (exact) mass is 374 g/mol. The summed E-state index contributed by atoms with van der Waals surface area (Å²) in [7, 11) is 0. The van der Waals surface area contributed by atoms with Crippen LogP contribution in [0, 0.1) is 0 Å². The largest absolute Gasteiger partial charge is 0.481 e. The molecule has 26 heavy (non-hydrogen) atoms. The van der Waals surface area contributed by atoms with Gasteiger partial charge < -0.3 is 15.7 Å². The molecule has 136 valence electrons. The summed E-state index contributed by atoms with van der Waals surface area (Å²) in [5, 5.41) is 21.0. The van der Waals surface area contributed by atoms with Gasteiger partial charge in [-0.2, -0.15) is 5.10 Å². The quantitative estimate of drug-likeness (QED) is 0.467. The van der Waals surface area contributed by atoms with Crippen molar-refractivity contribution in [1.82, 2.24) is 10.6 Å². The Hall–Kier alpha value is -2.94. The Labute approximate surface area is 154 Å². The lowest BCUT2D eigenvalue weighted by Crippen LogP contribution is -2.32. The van der Waals surface area contributed by atoms with Gasteiger partial charge in [0, 0.05) is 19.2 Å². The molecule has 8 nitrogen and oxygen atoms in total. The molecule has 2 amide bonds. The maximum absolute atomic E-state index is 11.8. The highest BCUT2D eigenvalue weighted by atomic mass is 32.2. The summed E-state index contributed by atoms with van der Waals surface area (Å²) in [6.45, 7) is 0.0339. The van der Waals surface area contributed by atoms with Crippen molar-refractivity contribution in [3.63, 3.8) is 0 Å². The number of benzene rings is 1. The fourth-order valence-corrected chi connectivity index (χ4v) is 2.90. The van der Waals surface area contributed by atoms with Gasteiger partial charge in [-0.25, -0.2) is 0 Å². The number of carboxylic acids is 1. The predicted octanol–water partition coefficient (Wildman–Crippen LogP) is 1.25. The summed E-state index contributed by atoms with van der Waals surface area (Å²) in [6, 6.07) is 9.70. The van der Waals surface area contributed by atoms with Crippen LogP contribution >= 0.6 is 11.8 Å². The molecule has 0 aliphatic carbocycles. The van der Waals surface area contributed by atoms with E-state index in [0.717, 1.165) is 17.3 Å². The van der Waals surface area contributed by atoms with Gasteiger partial charge in [0.05, 0.1) is 6.42 Å². The molecule has 1 aromatic rings. The summed E-state index contributed by atoms with van der Waals surface area (Å²) in [6.07, 6.45) is 4.89. The van der Waals surface area contributed by atoms with Crippen molar-refractivity contribution in [2.24, 2.45) is 10.2 Å². The lowest BCUT2D eigenvalue weighted by Gasteiger charge is -2.05. The van der Waals surface area contributed by atoms with Crippen molar-refractivity contribution in [3.05, 3.63) is 42.0 Å². The van der Waals surface area contributed by atoms with Crippen molar-refractivity contribution in [2.45, 2.75) is 18.1 Å². The highest BCUT2D eigenvalue weighted by Crippen LogP contribution is 2.22. The summed E-state index contributed by atoms with van der Waals surface area (Å²) < 4.78 is 0. The lowest BCUT2D eigenvalue weighted by atomic mass is 10.2. The fraction of sp³-hybridized carbons (Fsp3) is 0.235. The molecule has 1 aromatic carbocycles. The number of allylic oxidation sites excluding steroid dienone is 1. The summed E-state index contributed by atoms with van der Waals surface area (Å²) in [4.78, 5) is 33.9. The molecule has 3 N–H and O–H groups in total. The van der Waals surface area contributed by atoms with Crippen LogP contribution in [-0.4, -0.2) is 46.1 Å². The van der Waals surface area contributed by atoms with E-state index in [1.54, 1.807) is 6.08 Å². The minimum Gasteiger partial charge on any atom is -0.481 e. The molecule has 0 spiro atoms. The van der Waals surface area contributed by atoms with E-state index in [2.05, 4.69) is 20.8 Å². The Morgan fingerprint density at radius 2 is 2.08 bits per heavy atom. The number of rotatable bonds is 8. The SMILES string of the molecule is O=C(O)CCNC(=O)CC1S\C(=N/N=C\C=C\c2ccccc2)NC1=O. The number of amides is 2. The zero-order valence-corrected chi connectivity index (χ0v) is 14.6. The van der Waals surface area contributed by atoms with Crippen molar-refractivity contribution >= 4 is 47.0 Å². The van der Waals surface area contributed by atoms with E-state index in [9.17, 15) is 14.4 Å². The van der Waals surface area contributed by atoms with Crippen molar-refractivity contribution < 1.29 is 19.5 Å². The number of hydrogen-bond donors (Lipinski definition) is 3. The maximum Gasteiger partial charge on any atom is 0.305 e. The van der Waals surface area contributed by atoms with Gasteiger partial charge in [0.2, 0.25) is 11.8 Å². The molecule has 0 saturated carbocycles. The maximum atomic E-state index is 11.8. The lowest BCUT2D eigenvalue weighted by molar-refractivity contribution is -0.137. The van der Waals surface area contributed by atoms with Gasteiger partial charge in [-0.3, -0.25) is 14.4 Å². The van der Waals surface area contributed by atoms with Crippen LogP contribution in [0.5, 0.6) is 0 Å². The molecule has 1 aliphatic heterocycles. The minimum atomic E-state index is -0.994. The number of amidine groups is 1. The number of carboxylic acid groups (broad SMARTS) is 1. The Bertz CT molecular complexity index is 746. The van der Waals surface area contributed by atoms with Crippen LogP contribution in [0.1, 0.15) is 18.4 Å². The average Bonchev–Trinajstić information content (AvgIpc) is 2.94. The van der Waals surface area contributed by atoms with E-state index in [1.165, 1.54) is 6.21 Å². The third kappa shape index (κ3) is 6.89. The van der Waals surface area contributed by atoms with Crippen LogP contribution in [0.3, 0.4) is 0 Å². The molecule has 1 heterocycles. The number of nitrogens with zero attached hydrogens (tertiary/aromatic N) is 2. The number of carbonyl (C=O) groups excluding carboxylic acids is 2. The fourth-order valence-electron chi connectivity index (χ4n) is 1.98. The first-order valence-electron chi connectivity index (χ1n) is 7.83. The molecule has 9 heteroatoms. The Balaban J connectivity index is 1.78. The first-order valence-corrected chi connectivity index (χ1v) is 8.71. The second kappa shape index (κ2) is 10.1. The van der Waals surface area contributed by atoms with Crippen molar-refractivity contribution in [1.29, 1.82) is 0 Å². The van der Waals surface area contributed by atoms with Gasteiger partial charge in [-0.15, -0.1) is 5.10 Å². The van der Waals surface area contributed by atoms with E-state index in [1.807, 2.05) is 36.4 Å². The average molecular weight is 374 g/mol. The number of carbonyl (C=O) groups is 3. The highest BCUT2D eigenvalue weighted by molar-refractivity contribution is 8.15. The van der Waals surface area contributed by atoms with E-state index in [0.29, 0.717) is 5.17 Å². The third-order valence-corrected chi connectivity index (χ3v) is 4.27. The van der Waals surface area contributed by atoms with Gasteiger partial charge in [-0.05, 0) is 11.6 Å². The molecule has 1 fully saturated rings. The summed E-state index contributed by atoms with van der Waals surface area (Å²) >= 11 is 1.12. The normalized spacial score (nSPS) is 18.5. The van der Waals surface area contributed by atoms with Crippen LogP contribution in [0.4, 0.5) is 0 Å². The Kier molecular flexibility index (Phi) is 7.56. The van der Waals surface area contributed by atoms with Crippen LogP contribution in [0.15, 0.2) is 46.6 Å². The second-order valence-corrected chi connectivity index (χ2v) is 6.42. The van der Waals surface area contributed by atoms with E-state index < -0.39 is 11.2 Å². The first-order chi connectivity index (χ1) is 12.5. The Morgan fingerprint density at radius 1 is 1.31 bits per heavy atom. The topological polar surface area (TPSA) is 120 Å². The van der Waals surface area contributed by atoms with Crippen LogP contribution < -0.4 is 10.6 Å². The van der Waals surface area contributed by atoms with Gasteiger partial charge in [0.15, 0.2) is 5.17 Å². The minimum absolute atomic E-state index is 0.0339. The highest BCUT2D eigenvalue weighted by Gasteiger charge is 2.32. The van der Waals surface area contributed by atoms with Gasteiger partial charge in [0.25, 0.3) is 0 Å². The zero-order chi connectivity index (χ0) is 18.8. The summed E-state index contributed by atoms with van der Waals surface area (Å²) in [5.74, 6) is -1.70. The standard InChI is InChI=1S/C17H18N4O4S/c22-14(18-10-8-15(23)24)11-13-16(25)20-17(26-13)21-19-9-4-7-12-5-2-1-3-6-12/h1-7,9,13H,8,10-11H2,(H,18,22)(H,23,24)(H,20,21,25)/b7-4+,19-9-. The molecule has 1 saturated heterocycles. The van der Waals surface area contributed by atoms with Gasteiger partial charge >= 0.3 is 5.97 Å². The first kappa shape index (κ1) is 19.4. The molecule has 1 atom stereocenters. The van der Waals surface area contributed by atoms with Crippen LogP contribution in [0.25, 0.3) is 6.08 Å². The number of hydrogen-bond acceptors (Lipinski definition) is 6. The van der Waals surface area contributed by atoms with Crippen LogP contribution in [0.2, 0.25) is 0 Å². The second-order valence-electron chi connectivity index (χ2n) is 5.23. The molecular weight excluding hydrogens is 356 g/mol.